The highest BCUT2D eigenvalue weighted by molar-refractivity contribution is 7.99. The Kier molecular flexibility index (Phi) is 5.30. The van der Waals surface area contributed by atoms with Crippen LogP contribution in [0.5, 0.6) is 0 Å². The van der Waals surface area contributed by atoms with Crippen molar-refractivity contribution >= 4 is 28.7 Å². The van der Waals surface area contributed by atoms with Crippen molar-refractivity contribution in [1.29, 1.82) is 0 Å². The average molecular weight is 401 g/mol. The monoisotopic (exact) mass is 401 g/mol. The van der Waals surface area contributed by atoms with Crippen molar-refractivity contribution < 1.29 is 8.78 Å². The fourth-order valence-electron chi connectivity index (χ4n) is 3.20. The van der Waals surface area contributed by atoms with Crippen molar-refractivity contribution in [2.24, 2.45) is 0 Å². The molecular weight excluding hydrogens is 380 g/mol. The van der Waals surface area contributed by atoms with E-state index >= 15 is 0 Å². The number of anilines is 1. The SMILES string of the molecule is C=CCn1cnc2c(N[C@@H]3C[C@H]3c3ccc(F)c(F)c3)nc(SCCC)nc21. The van der Waals surface area contributed by atoms with Crippen molar-refractivity contribution in [1.82, 2.24) is 19.5 Å². The summed E-state index contributed by atoms with van der Waals surface area (Å²) in [7, 11) is 0. The van der Waals surface area contributed by atoms with Crippen molar-refractivity contribution in [2.45, 2.75) is 43.4 Å². The lowest BCUT2D eigenvalue weighted by molar-refractivity contribution is 0.507. The Labute approximate surface area is 166 Å². The number of thioether (sulfide) groups is 1. The Morgan fingerprint density at radius 1 is 1.32 bits per heavy atom. The number of halogens is 2. The molecule has 0 aliphatic heterocycles. The van der Waals surface area contributed by atoms with Crippen LogP contribution in [0.15, 0.2) is 42.3 Å². The summed E-state index contributed by atoms with van der Waals surface area (Å²) < 4.78 is 28.7. The van der Waals surface area contributed by atoms with Gasteiger partial charge in [0, 0.05) is 24.3 Å². The average Bonchev–Trinajstić information content (AvgIpc) is 3.33. The van der Waals surface area contributed by atoms with Gasteiger partial charge in [0.15, 0.2) is 33.8 Å². The molecule has 1 aliphatic rings. The van der Waals surface area contributed by atoms with Crippen LogP contribution >= 0.6 is 11.8 Å². The lowest BCUT2D eigenvalue weighted by atomic mass is 10.1. The van der Waals surface area contributed by atoms with Gasteiger partial charge in [-0.15, -0.1) is 6.58 Å². The molecule has 0 unspecified atom stereocenters. The first-order chi connectivity index (χ1) is 13.6. The third kappa shape index (κ3) is 3.73. The number of imidazole rings is 1. The molecule has 28 heavy (non-hydrogen) atoms. The van der Waals surface area contributed by atoms with E-state index in [2.05, 4.69) is 33.8 Å². The van der Waals surface area contributed by atoms with Gasteiger partial charge in [0.25, 0.3) is 0 Å². The van der Waals surface area contributed by atoms with E-state index < -0.39 is 11.6 Å². The van der Waals surface area contributed by atoms with Crippen LogP contribution in [0.25, 0.3) is 11.2 Å². The molecule has 146 valence electrons. The predicted molar refractivity (Wildman–Crippen MR) is 108 cm³/mol. The zero-order chi connectivity index (χ0) is 19.7. The lowest BCUT2D eigenvalue weighted by Gasteiger charge is -2.09. The van der Waals surface area contributed by atoms with Gasteiger partial charge in [-0.2, -0.15) is 0 Å². The van der Waals surface area contributed by atoms with Gasteiger partial charge in [-0.1, -0.05) is 30.8 Å². The number of allylic oxidation sites excluding steroid dienone is 1. The number of hydrogen-bond donors (Lipinski definition) is 1. The van der Waals surface area contributed by atoms with E-state index in [4.69, 9.17) is 0 Å². The molecule has 2 atom stereocenters. The molecule has 1 saturated carbocycles. The van der Waals surface area contributed by atoms with Crippen LogP contribution in [0.4, 0.5) is 14.6 Å². The van der Waals surface area contributed by atoms with Gasteiger partial charge in [0.2, 0.25) is 0 Å². The van der Waals surface area contributed by atoms with Gasteiger partial charge in [-0.25, -0.2) is 23.7 Å². The zero-order valence-corrected chi connectivity index (χ0v) is 16.3. The molecule has 1 aromatic carbocycles. The summed E-state index contributed by atoms with van der Waals surface area (Å²) in [4.78, 5) is 13.8. The summed E-state index contributed by atoms with van der Waals surface area (Å²) in [6.45, 7) is 6.51. The largest absolute Gasteiger partial charge is 0.365 e. The summed E-state index contributed by atoms with van der Waals surface area (Å²) in [5, 5.41) is 4.13. The van der Waals surface area contributed by atoms with E-state index in [0.717, 1.165) is 29.8 Å². The number of aromatic nitrogens is 4. The minimum absolute atomic E-state index is 0.108. The van der Waals surface area contributed by atoms with E-state index in [1.165, 1.54) is 12.1 Å². The summed E-state index contributed by atoms with van der Waals surface area (Å²) in [6.07, 6.45) is 5.40. The number of nitrogens with zero attached hydrogens (tertiary/aromatic N) is 4. The second kappa shape index (κ2) is 7.87. The molecule has 2 aromatic heterocycles. The molecule has 1 N–H and O–H groups in total. The Morgan fingerprint density at radius 2 is 2.18 bits per heavy atom. The first-order valence-electron chi connectivity index (χ1n) is 9.28. The molecule has 1 fully saturated rings. The summed E-state index contributed by atoms with van der Waals surface area (Å²) in [5.74, 6) is 0.107. The van der Waals surface area contributed by atoms with Crippen LogP contribution in [-0.2, 0) is 6.54 Å². The number of hydrogen-bond acceptors (Lipinski definition) is 5. The lowest BCUT2D eigenvalue weighted by Crippen LogP contribution is -2.08. The standard InChI is InChI=1S/C20H21F2N5S/c1-3-7-27-11-23-17-18(25-20(26-19(17)27)28-8-4-2)24-16-10-13(16)12-5-6-14(21)15(22)9-12/h3,5-6,9,11,13,16H,1,4,7-8,10H2,2H3,(H,24,25,26)/t13-,16+/m0/s1. The number of benzene rings is 1. The Hall–Kier alpha value is -2.48. The maximum Gasteiger partial charge on any atom is 0.191 e. The van der Waals surface area contributed by atoms with Crippen molar-refractivity contribution in [3.63, 3.8) is 0 Å². The molecule has 2 heterocycles. The first-order valence-corrected chi connectivity index (χ1v) is 10.3. The molecule has 1 aliphatic carbocycles. The van der Waals surface area contributed by atoms with E-state index in [1.54, 1.807) is 30.2 Å². The normalized spacial score (nSPS) is 18.4. The molecule has 5 nitrogen and oxygen atoms in total. The highest BCUT2D eigenvalue weighted by Gasteiger charge is 2.39. The molecule has 8 heteroatoms. The smallest absolute Gasteiger partial charge is 0.191 e. The molecule has 0 spiro atoms. The van der Waals surface area contributed by atoms with Gasteiger partial charge in [0.05, 0.1) is 6.33 Å². The quantitative estimate of drug-likeness (QED) is 0.335. The minimum atomic E-state index is -0.822. The molecule has 4 rings (SSSR count). The van der Waals surface area contributed by atoms with Gasteiger partial charge < -0.3 is 9.88 Å². The highest BCUT2D eigenvalue weighted by Crippen LogP contribution is 2.43. The maximum atomic E-state index is 13.5. The van der Waals surface area contributed by atoms with Crippen LogP contribution in [0.3, 0.4) is 0 Å². The van der Waals surface area contributed by atoms with E-state index in [0.29, 0.717) is 23.0 Å². The first kappa shape index (κ1) is 18.9. The minimum Gasteiger partial charge on any atom is -0.365 e. The van der Waals surface area contributed by atoms with Crippen LogP contribution in [0, 0.1) is 11.6 Å². The molecule has 0 saturated heterocycles. The van der Waals surface area contributed by atoms with Gasteiger partial charge in [0.1, 0.15) is 0 Å². The van der Waals surface area contributed by atoms with Crippen LogP contribution in [0.2, 0.25) is 0 Å². The van der Waals surface area contributed by atoms with E-state index in [-0.39, 0.29) is 12.0 Å². The topological polar surface area (TPSA) is 55.6 Å². The Balaban J connectivity index is 1.60. The third-order valence-corrected chi connectivity index (χ3v) is 5.74. The van der Waals surface area contributed by atoms with Gasteiger partial charge >= 0.3 is 0 Å². The number of nitrogens with one attached hydrogen (secondary N) is 1. The predicted octanol–water partition coefficient (Wildman–Crippen LogP) is 4.76. The Morgan fingerprint density at radius 3 is 2.93 bits per heavy atom. The van der Waals surface area contributed by atoms with E-state index in [1.807, 2.05) is 4.57 Å². The van der Waals surface area contributed by atoms with Crippen molar-refractivity contribution in [3.05, 3.63) is 54.4 Å². The summed E-state index contributed by atoms with van der Waals surface area (Å²) in [5.41, 5.74) is 2.26. The van der Waals surface area contributed by atoms with Gasteiger partial charge in [-0.3, -0.25) is 0 Å². The highest BCUT2D eigenvalue weighted by atomic mass is 32.2. The second-order valence-electron chi connectivity index (χ2n) is 6.83. The number of fused-ring (bicyclic) bond motifs is 1. The molecule has 3 aromatic rings. The summed E-state index contributed by atoms with van der Waals surface area (Å²) in [6, 6.07) is 4.20. The fraction of sp³-hybridized carbons (Fsp3) is 0.350. The van der Waals surface area contributed by atoms with Crippen LogP contribution in [-0.4, -0.2) is 31.3 Å². The van der Waals surface area contributed by atoms with E-state index in [9.17, 15) is 8.78 Å². The molecular formula is C20H21F2N5S. The maximum absolute atomic E-state index is 13.5. The summed E-state index contributed by atoms with van der Waals surface area (Å²) >= 11 is 1.61. The second-order valence-corrected chi connectivity index (χ2v) is 7.89. The fourth-order valence-corrected chi connectivity index (χ4v) is 3.89. The molecule has 0 radical (unpaired) electrons. The van der Waals surface area contributed by atoms with Crippen LogP contribution < -0.4 is 5.32 Å². The van der Waals surface area contributed by atoms with Crippen molar-refractivity contribution in [3.8, 4) is 0 Å². The zero-order valence-electron chi connectivity index (χ0n) is 15.5. The molecule has 0 bridgehead atoms. The van der Waals surface area contributed by atoms with Crippen LogP contribution in [0.1, 0.15) is 31.2 Å². The Bertz CT molecular complexity index is 1020. The van der Waals surface area contributed by atoms with Crippen molar-refractivity contribution in [2.75, 3.05) is 11.1 Å². The third-order valence-electron chi connectivity index (χ3n) is 4.69. The molecule has 0 amide bonds. The van der Waals surface area contributed by atoms with Gasteiger partial charge in [-0.05, 0) is 30.5 Å². The number of rotatable bonds is 8.